The van der Waals surface area contributed by atoms with Crippen molar-refractivity contribution < 1.29 is 14.3 Å². The van der Waals surface area contributed by atoms with Crippen LogP contribution in [0.2, 0.25) is 0 Å². The van der Waals surface area contributed by atoms with E-state index in [2.05, 4.69) is 32.2 Å². The van der Waals surface area contributed by atoms with Gasteiger partial charge in [-0.3, -0.25) is 4.79 Å². The zero-order valence-electron chi connectivity index (χ0n) is 16.3. The van der Waals surface area contributed by atoms with Crippen LogP contribution in [0, 0.1) is 6.92 Å². The lowest BCUT2D eigenvalue weighted by molar-refractivity contribution is -0.123. The lowest BCUT2D eigenvalue weighted by Crippen LogP contribution is -2.32. The van der Waals surface area contributed by atoms with Gasteiger partial charge in [0.15, 0.2) is 6.61 Å². The molecule has 1 N–H and O–H groups in total. The van der Waals surface area contributed by atoms with Gasteiger partial charge in [0, 0.05) is 0 Å². The molecule has 0 aliphatic carbocycles. The third-order valence-electron chi connectivity index (χ3n) is 4.46. The van der Waals surface area contributed by atoms with Gasteiger partial charge in [0.25, 0.3) is 5.91 Å². The molecule has 1 amide bonds. The van der Waals surface area contributed by atoms with Crippen LogP contribution >= 0.6 is 0 Å². The summed E-state index contributed by atoms with van der Waals surface area (Å²) in [6.07, 6.45) is 0.806. The molecule has 2 rings (SSSR count). The van der Waals surface area contributed by atoms with E-state index in [0.29, 0.717) is 5.92 Å². The van der Waals surface area contributed by atoms with Gasteiger partial charge in [-0.1, -0.05) is 51.1 Å². The highest BCUT2D eigenvalue weighted by Crippen LogP contribution is 2.26. The Kier molecular flexibility index (Phi) is 7.07. The van der Waals surface area contributed by atoms with E-state index in [0.717, 1.165) is 34.6 Å². The van der Waals surface area contributed by atoms with Gasteiger partial charge in [-0.2, -0.15) is 0 Å². The first-order valence-corrected chi connectivity index (χ1v) is 9.11. The number of carbonyl (C=O) groups is 1. The van der Waals surface area contributed by atoms with Crippen molar-refractivity contribution in [2.75, 3.05) is 13.7 Å². The molecule has 2 aromatic rings. The largest absolute Gasteiger partial charge is 0.496 e. The van der Waals surface area contributed by atoms with Gasteiger partial charge in [-0.05, 0) is 48.1 Å². The molecule has 0 spiro atoms. The fourth-order valence-electron chi connectivity index (χ4n) is 3.01. The third-order valence-corrected chi connectivity index (χ3v) is 4.46. The van der Waals surface area contributed by atoms with Gasteiger partial charge in [0.05, 0.1) is 13.2 Å². The van der Waals surface area contributed by atoms with Crippen LogP contribution in [0.15, 0.2) is 42.5 Å². The lowest BCUT2D eigenvalue weighted by atomic mass is 10.0. The van der Waals surface area contributed by atoms with Crippen molar-refractivity contribution in [1.29, 1.82) is 0 Å². The van der Waals surface area contributed by atoms with Gasteiger partial charge in [0.2, 0.25) is 0 Å². The predicted octanol–water partition coefficient (Wildman–Crippen LogP) is 4.77. The Hall–Kier alpha value is -2.49. The maximum absolute atomic E-state index is 12.4. The van der Waals surface area contributed by atoms with Crippen LogP contribution in [0.25, 0.3) is 0 Å². The number of carbonyl (C=O) groups excluding carboxylic acids is 1. The highest BCUT2D eigenvalue weighted by atomic mass is 16.5. The minimum Gasteiger partial charge on any atom is -0.496 e. The monoisotopic (exact) mass is 355 g/mol. The molecule has 4 nitrogen and oxygen atoms in total. The minimum atomic E-state index is -0.121. The van der Waals surface area contributed by atoms with Gasteiger partial charge in [-0.15, -0.1) is 0 Å². The first-order chi connectivity index (χ1) is 12.5. The molecule has 0 fully saturated rings. The SMILES string of the molecule is CC[C@H](NC(=O)COc1ccccc1C(C)C)c1ccc(OC)c(C)c1. The molecule has 4 heteroatoms. The Morgan fingerprint density at radius 2 is 1.85 bits per heavy atom. The van der Waals surface area contributed by atoms with Crippen molar-refractivity contribution >= 4 is 5.91 Å². The van der Waals surface area contributed by atoms with Gasteiger partial charge >= 0.3 is 0 Å². The van der Waals surface area contributed by atoms with E-state index < -0.39 is 0 Å². The molecular weight excluding hydrogens is 326 g/mol. The van der Waals surface area contributed by atoms with Crippen LogP contribution in [0.1, 0.15) is 55.8 Å². The van der Waals surface area contributed by atoms with E-state index >= 15 is 0 Å². The predicted molar refractivity (Wildman–Crippen MR) is 105 cm³/mol. The Morgan fingerprint density at radius 1 is 1.12 bits per heavy atom. The molecule has 0 radical (unpaired) electrons. The van der Waals surface area contributed by atoms with Gasteiger partial charge in [0.1, 0.15) is 11.5 Å². The minimum absolute atomic E-state index is 0.00930. The molecule has 0 saturated carbocycles. The number of amides is 1. The number of aryl methyl sites for hydroxylation is 1. The second-order valence-corrected chi connectivity index (χ2v) is 6.74. The number of benzene rings is 2. The first-order valence-electron chi connectivity index (χ1n) is 9.11. The topological polar surface area (TPSA) is 47.6 Å². The fourth-order valence-corrected chi connectivity index (χ4v) is 3.01. The Labute approximate surface area is 156 Å². The van der Waals surface area contributed by atoms with Crippen molar-refractivity contribution in [3.8, 4) is 11.5 Å². The van der Waals surface area contributed by atoms with Crippen LogP contribution in [-0.2, 0) is 4.79 Å². The Bertz CT molecular complexity index is 740. The van der Waals surface area contributed by atoms with Crippen molar-refractivity contribution in [2.45, 2.75) is 46.1 Å². The second kappa shape index (κ2) is 9.27. The van der Waals surface area contributed by atoms with Crippen molar-refractivity contribution in [3.63, 3.8) is 0 Å². The molecule has 0 aliphatic rings. The average molecular weight is 355 g/mol. The molecule has 0 saturated heterocycles. The Balaban J connectivity index is 2.01. The summed E-state index contributed by atoms with van der Waals surface area (Å²) in [6.45, 7) is 8.29. The standard InChI is InChI=1S/C22H29NO3/c1-6-19(17-11-12-20(25-5)16(4)13-17)23-22(24)14-26-21-10-8-7-9-18(21)15(2)3/h7-13,15,19H,6,14H2,1-5H3,(H,23,24)/t19-/m0/s1. The van der Waals surface area contributed by atoms with E-state index in [1.165, 1.54) is 0 Å². The maximum atomic E-state index is 12.4. The quantitative estimate of drug-likeness (QED) is 0.742. The molecule has 0 aliphatic heterocycles. The summed E-state index contributed by atoms with van der Waals surface area (Å²) in [7, 11) is 1.66. The number of rotatable bonds is 8. The molecule has 0 aromatic heterocycles. The highest BCUT2D eigenvalue weighted by Gasteiger charge is 2.15. The lowest BCUT2D eigenvalue weighted by Gasteiger charge is -2.19. The van der Waals surface area contributed by atoms with Crippen LogP contribution in [0.5, 0.6) is 11.5 Å². The molecular formula is C22H29NO3. The van der Waals surface area contributed by atoms with Gasteiger partial charge < -0.3 is 14.8 Å². The number of methoxy groups -OCH3 is 1. The van der Waals surface area contributed by atoms with E-state index in [4.69, 9.17) is 9.47 Å². The normalized spacial score (nSPS) is 11.9. The summed E-state index contributed by atoms with van der Waals surface area (Å²) in [5.74, 6) is 1.85. The number of ether oxygens (including phenoxy) is 2. The molecule has 140 valence electrons. The first kappa shape index (κ1) is 19.8. The molecule has 1 atom stereocenters. The molecule has 0 unspecified atom stereocenters. The van der Waals surface area contributed by atoms with Crippen molar-refractivity contribution in [3.05, 3.63) is 59.2 Å². The average Bonchev–Trinajstić information content (AvgIpc) is 2.64. The van der Waals surface area contributed by atoms with Crippen molar-refractivity contribution in [2.24, 2.45) is 0 Å². The van der Waals surface area contributed by atoms with Crippen molar-refractivity contribution in [1.82, 2.24) is 5.32 Å². The van der Waals surface area contributed by atoms with Crippen LogP contribution in [0.4, 0.5) is 0 Å². The maximum Gasteiger partial charge on any atom is 0.258 e. The highest BCUT2D eigenvalue weighted by molar-refractivity contribution is 5.78. The van der Waals surface area contributed by atoms with E-state index in [-0.39, 0.29) is 18.6 Å². The summed E-state index contributed by atoms with van der Waals surface area (Å²) in [4.78, 5) is 12.4. The molecule has 0 bridgehead atoms. The van der Waals surface area contributed by atoms with E-state index in [9.17, 15) is 4.79 Å². The van der Waals surface area contributed by atoms with Crippen LogP contribution < -0.4 is 14.8 Å². The smallest absolute Gasteiger partial charge is 0.258 e. The zero-order chi connectivity index (χ0) is 19.1. The fraction of sp³-hybridized carbons (Fsp3) is 0.409. The number of hydrogen-bond acceptors (Lipinski definition) is 3. The summed E-state index contributed by atoms with van der Waals surface area (Å²) < 4.78 is 11.1. The summed E-state index contributed by atoms with van der Waals surface area (Å²) in [5, 5.41) is 3.06. The molecule has 2 aromatic carbocycles. The second-order valence-electron chi connectivity index (χ2n) is 6.74. The number of nitrogens with one attached hydrogen (secondary N) is 1. The zero-order valence-corrected chi connectivity index (χ0v) is 16.3. The number of para-hydroxylation sites is 1. The summed E-state index contributed by atoms with van der Waals surface area (Å²) in [5.41, 5.74) is 3.24. The summed E-state index contributed by atoms with van der Waals surface area (Å²) in [6, 6.07) is 13.8. The Morgan fingerprint density at radius 3 is 2.46 bits per heavy atom. The van der Waals surface area contributed by atoms with Gasteiger partial charge in [-0.25, -0.2) is 0 Å². The van der Waals surface area contributed by atoms with Crippen LogP contribution in [-0.4, -0.2) is 19.6 Å². The van der Waals surface area contributed by atoms with Crippen LogP contribution in [0.3, 0.4) is 0 Å². The molecule has 26 heavy (non-hydrogen) atoms. The van der Waals surface area contributed by atoms with E-state index in [1.54, 1.807) is 7.11 Å². The molecule has 0 heterocycles. The number of hydrogen-bond donors (Lipinski definition) is 1. The third kappa shape index (κ3) is 5.01. The van der Waals surface area contributed by atoms with E-state index in [1.807, 2.05) is 43.3 Å². The summed E-state index contributed by atoms with van der Waals surface area (Å²) >= 11 is 0.